The molecule has 2 rings (SSSR count). The summed E-state index contributed by atoms with van der Waals surface area (Å²) in [5.41, 5.74) is 1.84. The van der Waals surface area contributed by atoms with Gasteiger partial charge in [-0.05, 0) is 37.5 Å². The lowest BCUT2D eigenvalue weighted by molar-refractivity contribution is -0.0773. The first kappa shape index (κ1) is 20.5. The van der Waals surface area contributed by atoms with Gasteiger partial charge in [-0.1, -0.05) is 87.6 Å². The van der Waals surface area contributed by atoms with E-state index >= 15 is 0 Å². The van der Waals surface area contributed by atoms with Crippen molar-refractivity contribution in [2.24, 2.45) is 0 Å². The van der Waals surface area contributed by atoms with Crippen molar-refractivity contribution in [1.82, 2.24) is 0 Å². The summed E-state index contributed by atoms with van der Waals surface area (Å²) in [4.78, 5) is 0. The Hall–Kier alpha value is -1.80. The van der Waals surface area contributed by atoms with Crippen LogP contribution in [-0.4, -0.2) is 10.7 Å². The smallest absolute Gasteiger partial charge is 0.118 e. The molecule has 1 unspecified atom stereocenters. The molecule has 0 spiro atoms. The van der Waals surface area contributed by atoms with Crippen molar-refractivity contribution in [3.05, 3.63) is 65.7 Å². The highest BCUT2D eigenvalue weighted by Gasteiger charge is 2.26. The number of phenolic OH excluding ortho intramolecular Hbond substituents is 1. The van der Waals surface area contributed by atoms with E-state index in [0.29, 0.717) is 12.2 Å². The van der Waals surface area contributed by atoms with Crippen LogP contribution in [-0.2, 0) is 11.2 Å². The Labute approximate surface area is 159 Å². The Balaban J connectivity index is 2.03. The summed E-state index contributed by atoms with van der Waals surface area (Å²) in [5.74, 6) is 0.347. The second kappa shape index (κ2) is 10.4. The first-order chi connectivity index (χ1) is 12.5. The normalized spacial score (nSPS) is 12.9. The molecule has 0 radical (unpaired) electrons. The van der Waals surface area contributed by atoms with E-state index in [-0.39, 0.29) is 11.7 Å². The Bertz CT molecular complexity index is 634. The van der Waals surface area contributed by atoms with Crippen molar-refractivity contribution in [3.8, 4) is 5.75 Å². The van der Waals surface area contributed by atoms with Crippen molar-refractivity contribution in [3.63, 3.8) is 0 Å². The molecule has 26 heavy (non-hydrogen) atoms. The molecule has 0 heterocycles. The highest BCUT2D eigenvalue weighted by atomic mass is 16.5. The van der Waals surface area contributed by atoms with E-state index in [1.165, 1.54) is 37.7 Å². The molecule has 0 amide bonds. The molecule has 0 bridgehead atoms. The topological polar surface area (TPSA) is 29.5 Å². The summed E-state index contributed by atoms with van der Waals surface area (Å²) < 4.78 is 6.58. The maximum atomic E-state index is 10.1. The highest BCUT2D eigenvalue weighted by Crippen LogP contribution is 2.32. The van der Waals surface area contributed by atoms with Gasteiger partial charge in [0, 0.05) is 6.42 Å². The lowest BCUT2D eigenvalue weighted by Crippen LogP contribution is -2.29. The third-order valence-electron chi connectivity index (χ3n) is 4.81. The number of phenols is 1. The zero-order chi connectivity index (χ0) is 18.8. The summed E-state index contributed by atoms with van der Waals surface area (Å²) in [6.07, 6.45) is 8.17. The predicted molar refractivity (Wildman–Crippen MR) is 110 cm³/mol. The van der Waals surface area contributed by atoms with E-state index in [1.54, 1.807) is 6.07 Å². The number of benzene rings is 2. The standard InChI is InChI=1S/C24H34O2/c1-4-5-6-7-11-18-23(20-14-9-8-10-15-20)26-24(2,3)19-21-16-12-13-17-22(21)25/h8-10,12-17,23,25H,4-7,11,18-19H2,1-3H3. The van der Waals surface area contributed by atoms with Crippen LogP contribution in [0.2, 0.25) is 0 Å². The molecule has 0 saturated carbocycles. The van der Waals surface area contributed by atoms with Crippen LogP contribution in [0.3, 0.4) is 0 Å². The molecule has 2 heteroatoms. The Kier molecular flexibility index (Phi) is 8.18. The van der Waals surface area contributed by atoms with Crippen LogP contribution in [0.25, 0.3) is 0 Å². The third-order valence-corrected chi connectivity index (χ3v) is 4.81. The Morgan fingerprint density at radius 3 is 2.23 bits per heavy atom. The van der Waals surface area contributed by atoms with Crippen molar-refractivity contribution in [2.75, 3.05) is 0 Å². The van der Waals surface area contributed by atoms with Gasteiger partial charge in [0.05, 0.1) is 11.7 Å². The molecule has 0 aromatic heterocycles. The molecule has 2 aromatic rings. The number of aromatic hydroxyl groups is 1. The second-order valence-corrected chi connectivity index (χ2v) is 7.79. The van der Waals surface area contributed by atoms with Crippen molar-refractivity contribution >= 4 is 0 Å². The average molecular weight is 355 g/mol. The van der Waals surface area contributed by atoms with Crippen LogP contribution >= 0.6 is 0 Å². The molecule has 1 N–H and O–H groups in total. The maximum Gasteiger partial charge on any atom is 0.118 e. The van der Waals surface area contributed by atoms with Gasteiger partial charge in [0.25, 0.3) is 0 Å². The minimum absolute atomic E-state index is 0.0960. The molecule has 2 nitrogen and oxygen atoms in total. The molecule has 1 atom stereocenters. The predicted octanol–water partition coefficient (Wildman–Crippen LogP) is 6.83. The summed E-state index contributed by atoms with van der Waals surface area (Å²) in [6, 6.07) is 18.1. The van der Waals surface area contributed by atoms with Gasteiger partial charge in [0.2, 0.25) is 0 Å². The number of unbranched alkanes of at least 4 members (excludes halogenated alkanes) is 4. The van der Waals surface area contributed by atoms with Gasteiger partial charge in [-0.3, -0.25) is 0 Å². The van der Waals surface area contributed by atoms with E-state index < -0.39 is 0 Å². The molecule has 0 aliphatic carbocycles. The van der Waals surface area contributed by atoms with Crippen LogP contribution in [0.5, 0.6) is 5.75 Å². The lowest BCUT2D eigenvalue weighted by Gasteiger charge is -2.32. The number of hydrogen-bond acceptors (Lipinski definition) is 2. The fourth-order valence-electron chi connectivity index (χ4n) is 3.44. The molecule has 2 aromatic carbocycles. The van der Waals surface area contributed by atoms with Crippen LogP contribution in [0.4, 0.5) is 0 Å². The van der Waals surface area contributed by atoms with Gasteiger partial charge in [-0.2, -0.15) is 0 Å². The molecular formula is C24H34O2. The quantitative estimate of drug-likeness (QED) is 0.448. The van der Waals surface area contributed by atoms with Crippen LogP contribution in [0.15, 0.2) is 54.6 Å². The van der Waals surface area contributed by atoms with Crippen molar-refractivity contribution < 1.29 is 9.84 Å². The molecular weight excluding hydrogens is 320 g/mol. The van der Waals surface area contributed by atoms with Gasteiger partial charge >= 0.3 is 0 Å². The summed E-state index contributed by atoms with van der Waals surface area (Å²) in [7, 11) is 0. The van der Waals surface area contributed by atoms with Gasteiger partial charge < -0.3 is 9.84 Å². The summed E-state index contributed by atoms with van der Waals surface area (Å²) >= 11 is 0. The van der Waals surface area contributed by atoms with Gasteiger partial charge in [-0.15, -0.1) is 0 Å². The van der Waals surface area contributed by atoms with E-state index in [2.05, 4.69) is 51.1 Å². The van der Waals surface area contributed by atoms with Crippen LogP contribution in [0, 0.1) is 0 Å². The van der Waals surface area contributed by atoms with E-state index in [1.807, 2.05) is 18.2 Å². The number of para-hydroxylation sites is 1. The minimum atomic E-state index is -0.344. The van der Waals surface area contributed by atoms with Crippen molar-refractivity contribution in [2.45, 2.75) is 77.4 Å². The largest absolute Gasteiger partial charge is 0.508 e. The Morgan fingerprint density at radius 2 is 1.54 bits per heavy atom. The molecule has 0 saturated heterocycles. The van der Waals surface area contributed by atoms with E-state index in [0.717, 1.165) is 12.0 Å². The summed E-state index contributed by atoms with van der Waals surface area (Å²) in [5, 5.41) is 10.1. The Morgan fingerprint density at radius 1 is 0.885 bits per heavy atom. The van der Waals surface area contributed by atoms with Crippen LogP contribution in [0.1, 0.15) is 76.5 Å². The molecule has 142 valence electrons. The molecule has 0 aliphatic heterocycles. The fourth-order valence-corrected chi connectivity index (χ4v) is 3.44. The molecule has 0 fully saturated rings. The lowest BCUT2D eigenvalue weighted by atomic mass is 9.95. The second-order valence-electron chi connectivity index (χ2n) is 7.79. The first-order valence-electron chi connectivity index (χ1n) is 10.0. The third kappa shape index (κ3) is 6.84. The monoisotopic (exact) mass is 354 g/mol. The SMILES string of the molecule is CCCCCCCC(OC(C)(C)Cc1ccccc1O)c1ccccc1. The maximum absolute atomic E-state index is 10.1. The summed E-state index contributed by atoms with van der Waals surface area (Å²) in [6.45, 7) is 6.48. The average Bonchev–Trinajstić information content (AvgIpc) is 2.63. The number of hydrogen-bond donors (Lipinski definition) is 1. The van der Waals surface area contributed by atoms with E-state index in [9.17, 15) is 5.11 Å². The molecule has 0 aliphatic rings. The first-order valence-corrected chi connectivity index (χ1v) is 10.0. The minimum Gasteiger partial charge on any atom is -0.508 e. The van der Waals surface area contributed by atoms with Gasteiger partial charge in [0.15, 0.2) is 0 Å². The zero-order valence-electron chi connectivity index (χ0n) is 16.6. The zero-order valence-corrected chi connectivity index (χ0v) is 16.6. The van der Waals surface area contributed by atoms with Crippen molar-refractivity contribution in [1.29, 1.82) is 0 Å². The van der Waals surface area contributed by atoms with Gasteiger partial charge in [-0.25, -0.2) is 0 Å². The van der Waals surface area contributed by atoms with Gasteiger partial charge in [0.1, 0.15) is 5.75 Å². The van der Waals surface area contributed by atoms with E-state index in [4.69, 9.17) is 4.74 Å². The fraction of sp³-hybridized carbons (Fsp3) is 0.500. The van der Waals surface area contributed by atoms with Crippen LogP contribution < -0.4 is 0 Å². The highest BCUT2D eigenvalue weighted by molar-refractivity contribution is 5.32. The number of ether oxygens (including phenoxy) is 1. The number of rotatable bonds is 11.